The lowest BCUT2D eigenvalue weighted by Gasteiger charge is -2.13. The number of benzene rings is 1. The second-order valence-electron chi connectivity index (χ2n) is 4.79. The third-order valence-corrected chi connectivity index (χ3v) is 2.92. The summed E-state index contributed by atoms with van der Waals surface area (Å²) in [5.74, 6) is 0.796. The van der Waals surface area contributed by atoms with Crippen LogP contribution in [0.25, 0.3) is 0 Å². The third-order valence-electron chi connectivity index (χ3n) is 2.92. The van der Waals surface area contributed by atoms with E-state index in [2.05, 4.69) is 10.3 Å². The van der Waals surface area contributed by atoms with Crippen molar-refractivity contribution in [2.45, 2.75) is 13.0 Å². The standard InChI is InChI=1S/C15H17N3O4/c1-11-4-2-5-13(8-11)22-10-12(19)9-17-15-14(18(20)21)6-3-7-16-15/h2-8,12,19H,9-10H2,1H3,(H,16,17). The highest BCUT2D eigenvalue weighted by Gasteiger charge is 2.15. The van der Waals surface area contributed by atoms with E-state index in [1.807, 2.05) is 25.1 Å². The van der Waals surface area contributed by atoms with Gasteiger partial charge >= 0.3 is 5.69 Å². The first-order valence-corrected chi connectivity index (χ1v) is 6.77. The molecule has 0 spiro atoms. The number of aliphatic hydroxyl groups excluding tert-OH is 1. The molecule has 0 aliphatic rings. The Labute approximate surface area is 127 Å². The zero-order valence-electron chi connectivity index (χ0n) is 12.1. The molecular weight excluding hydrogens is 286 g/mol. The van der Waals surface area contributed by atoms with Gasteiger partial charge in [0.1, 0.15) is 18.5 Å². The molecule has 2 N–H and O–H groups in total. The maximum Gasteiger partial charge on any atom is 0.311 e. The summed E-state index contributed by atoms with van der Waals surface area (Å²) in [4.78, 5) is 14.2. The van der Waals surface area contributed by atoms with Crippen LogP contribution in [-0.4, -0.2) is 34.3 Å². The number of nitrogens with zero attached hydrogens (tertiary/aromatic N) is 2. The summed E-state index contributed by atoms with van der Waals surface area (Å²) in [7, 11) is 0. The van der Waals surface area contributed by atoms with Gasteiger partial charge in [-0.3, -0.25) is 10.1 Å². The Hall–Kier alpha value is -2.67. The molecule has 0 saturated carbocycles. The molecule has 7 heteroatoms. The van der Waals surface area contributed by atoms with Crippen molar-refractivity contribution >= 4 is 11.5 Å². The van der Waals surface area contributed by atoms with E-state index >= 15 is 0 Å². The van der Waals surface area contributed by atoms with Crippen LogP contribution in [0.4, 0.5) is 11.5 Å². The molecule has 1 aromatic carbocycles. The van der Waals surface area contributed by atoms with E-state index in [0.717, 1.165) is 5.56 Å². The summed E-state index contributed by atoms with van der Waals surface area (Å²) in [5.41, 5.74) is 0.934. The van der Waals surface area contributed by atoms with Gasteiger partial charge in [-0.1, -0.05) is 12.1 Å². The highest BCUT2D eigenvalue weighted by molar-refractivity contribution is 5.55. The lowest BCUT2D eigenvalue weighted by atomic mass is 10.2. The first-order valence-electron chi connectivity index (χ1n) is 6.77. The minimum atomic E-state index is -0.817. The van der Waals surface area contributed by atoms with Gasteiger partial charge in [-0.15, -0.1) is 0 Å². The van der Waals surface area contributed by atoms with Crippen molar-refractivity contribution in [3.8, 4) is 5.75 Å². The van der Waals surface area contributed by atoms with Crippen LogP contribution in [-0.2, 0) is 0 Å². The fourth-order valence-corrected chi connectivity index (χ4v) is 1.85. The predicted octanol–water partition coefficient (Wildman–Crippen LogP) is 2.15. The summed E-state index contributed by atoms with van der Waals surface area (Å²) in [6.07, 6.45) is 0.632. The highest BCUT2D eigenvalue weighted by Crippen LogP contribution is 2.20. The van der Waals surface area contributed by atoms with Gasteiger partial charge in [-0.2, -0.15) is 0 Å². The fraction of sp³-hybridized carbons (Fsp3) is 0.267. The van der Waals surface area contributed by atoms with E-state index in [0.29, 0.717) is 5.75 Å². The molecule has 1 atom stereocenters. The number of aliphatic hydroxyl groups is 1. The van der Waals surface area contributed by atoms with Crippen molar-refractivity contribution in [3.63, 3.8) is 0 Å². The van der Waals surface area contributed by atoms with Crippen LogP contribution >= 0.6 is 0 Å². The SMILES string of the molecule is Cc1cccc(OCC(O)CNc2ncccc2[N+](=O)[O-])c1. The Balaban J connectivity index is 1.85. The minimum Gasteiger partial charge on any atom is -0.491 e. The molecule has 2 rings (SSSR count). The number of aryl methyl sites for hydroxylation is 1. The number of nitrogens with one attached hydrogen (secondary N) is 1. The maximum absolute atomic E-state index is 10.8. The average Bonchev–Trinajstić information content (AvgIpc) is 2.51. The van der Waals surface area contributed by atoms with Crippen LogP contribution < -0.4 is 10.1 Å². The van der Waals surface area contributed by atoms with Crippen molar-refractivity contribution in [3.05, 3.63) is 58.3 Å². The monoisotopic (exact) mass is 303 g/mol. The number of pyridine rings is 1. The zero-order chi connectivity index (χ0) is 15.9. The quantitative estimate of drug-likeness (QED) is 0.601. The largest absolute Gasteiger partial charge is 0.491 e. The normalized spacial score (nSPS) is 11.7. The van der Waals surface area contributed by atoms with Crippen molar-refractivity contribution < 1.29 is 14.8 Å². The number of aromatic nitrogens is 1. The van der Waals surface area contributed by atoms with Crippen LogP contribution in [0, 0.1) is 17.0 Å². The topological polar surface area (TPSA) is 97.5 Å². The van der Waals surface area contributed by atoms with Crippen LogP contribution in [0.2, 0.25) is 0 Å². The van der Waals surface area contributed by atoms with E-state index in [4.69, 9.17) is 4.74 Å². The van der Waals surface area contributed by atoms with Gasteiger partial charge in [0, 0.05) is 18.8 Å². The summed E-state index contributed by atoms with van der Waals surface area (Å²) in [5, 5.41) is 23.5. The number of ether oxygens (including phenoxy) is 1. The summed E-state index contributed by atoms with van der Waals surface area (Å²) in [6, 6.07) is 10.3. The molecule has 1 unspecified atom stereocenters. The molecule has 0 aliphatic heterocycles. The van der Waals surface area contributed by atoms with Gasteiger partial charge in [0.05, 0.1) is 4.92 Å². The van der Waals surface area contributed by atoms with Crippen LogP contribution in [0.3, 0.4) is 0 Å². The average molecular weight is 303 g/mol. The van der Waals surface area contributed by atoms with Gasteiger partial charge in [0.15, 0.2) is 0 Å². The smallest absolute Gasteiger partial charge is 0.311 e. The van der Waals surface area contributed by atoms with Crippen molar-refractivity contribution in [2.75, 3.05) is 18.5 Å². The van der Waals surface area contributed by atoms with Gasteiger partial charge in [0.25, 0.3) is 0 Å². The Morgan fingerprint density at radius 2 is 2.23 bits per heavy atom. The summed E-state index contributed by atoms with van der Waals surface area (Å²) < 4.78 is 5.47. The van der Waals surface area contributed by atoms with Crippen molar-refractivity contribution in [1.82, 2.24) is 4.98 Å². The third kappa shape index (κ3) is 4.42. The molecule has 0 saturated heterocycles. The number of anilines is 1. The Morgan fingerprint density at radius 1 is 1.41 bits per heavy atom. The maximum atomic E-state index is 10.8. The van der Waals surface area contributed by atoms with Gasteiger partial charge < -0.3 is 15.2 Å². The second kappa shape index (κ2) is 7.37. The highest BCUT2D eigenvalue weighted by atomic mass is 16.6. The first kappa shape index (κ1) is 15.7. The molecule has 2 aromatic rings. The molecule has 0 fully saturated rings. The molecule has 0 aliphatic carbocycles. The van der Waals surface area contributed by atoms with Crippen LogP contribution in [0.15, 0.2) is 42.6 Å². The number of nitro groups is 1. The lowest BCUT2D eigenvalue weighted by Crippen LogP contribution is -2.26. The van der Waals surface area contributed by atoms with E-state index in [-0.39, 0.29) is 24.7 Å². The van der Waals surface area contributed by atoms with Gasteiger partial charge in [-0.05, 0) is 30.7 Å². The molecule has 116 valence electrons. The molecular formula is C15H17N3O4. The summed E-state index contributed by atoms with van der Waals surface area (Å²) >= 11 is 0. The molecule has 1 heterocycles. The Bertz CT molecular complexity index is 648. The fourth-order valence-electron chi connectivity index (χ4n) is 1.85. The minimum absolute atomic E-state index is 0.0804. The van der Waals surface area contributed by atoms with Crippen LogP contribution in [0.5, 0.6) is 5.75 Å². The number of hydrogen-bond acceptors (Lipinski definition) is 6. The van der Waals surface area contributed by atoms with E-state index in [1.165, 1.54) is 18.3 Å². The molecule has 0 radical (unpaired) electrons. The van der Waals surface area contributed by atoms with Gasteiger partial charge in [-0.25, -0.2) is 4.98 Å². The van der Waals surface area contributed by atoms with Crippen LogP contribution in [0.1, 0.15) is 5.56 Å². The Morgan fingerprint density at radius 3 is 2.95 bits per heavy atom. The number of rotatable bonds is 7. The van der Waals surface area contributed by atoms with Crippen molar-refractivity contribution in [2.24, 2.45) is 0 Å². The van der Waals surface area contributed by atoms with Crippen molar-refractivity contribution in [1.29, 1.82) is 0 Å². The molecule has 1 aromatic heterocycles. The number of hydrogen-bond donors (Lipinski definition) is 2. The van der Waals surface area contributed by atoms with E-state index in [9.17, 15) is 15.2 Å². The van der Waals surface area contributed by atoms with E-state index in [1.54, 1.807) is 6.07 Å². The zero-order valence-corrected chi connectivity index (χ0v) is 12.1. The summed E-state index contributed by atoms with van der Waals surface area (Å²) in [6.45, 7) is 2.13. The molecule has 0 bridgehead atoms. The first-order chi connectivity index (χ1) is 10.6. The molecule has 0 amide bonds. The Kier molecular flexibility index (Phi) is 5.26. The van der Waals surface area contributed by atoms with E-state index < -0.39 is 11.0 Å². The van der Waals surface area contributed by atoms with Gasteiger partial charge in [0.2, 0.25) is 5.82 Å². The second-order valence-corrected chi connectivity index (χ2v) is 4.79. The predicted molar refractivity (Wildman–Crippen MR) is 82.1 cm³/mol. The molecule has 22 heavy (non-hydrogen) atoms. The molecule has 7 nitrogen and oxygen atoms in total. The lowest BCUT2D eigenvalue weighted by molar-refractivity contribution is -0.384.